The molecular formula is C18H24N2O3. The number of likely N-dealkylation sites (N-methyl/N-ethyl adjacent to an activating group) is 1. The van der Waals surface area contributed by atoms with Crippen molar-refractivity contribution in [3.63, 3.8) is 0 Å². The first-order valence-electron chi connectivity index (χ1n) is 8.20. The molecule has 124 valence electrons. The zero-order valence-electron chi connectivity index (χ0n) is 13.6. The van der Waals surface area contributed by atoms with Gasteiger partial charge in [-0.3, -0.25) is 9.69 Å². The fourth-order valence-corrected chi connectivity index (χ4v) is 3.23. The Kier molecular flexibility index (Phi) is 4.98. The molecule has 2 bridgehead atoms. The van der Waals surface area contributed by atoms with Gasteiger partial charge in [-0.15, -0.1) is 0 Å². The van der Waals surface area contributed by atoms with Crippen LogP contribution in [-0.2, 0) is 4.74 Å². The molecule has 2 atom stereocenters. The van der Waals surface area contributed by atoms with Crippen molar-refractivity contribution >= 4 is 5.91 Å². The minimum atomic E-state index is 0.0727. The Hall–Kier alpha value is -1.85. The van der Waals surface area contributed by atoms with Crippen molar-refractivity contribution in [1.29, 1.82) is 0 Å². The van der Waals surface area contributed by atoms with Crippen LogP contribution in [0, 0.1) is 0 Å². The summed E-state index contributed by atoms with van der Waals surface area (Å²) in [5.41, 5.74) is 0.697. The molecule has 2 saturated heterocycles. The molecule has 0 aliphatic carbocycles. The highest BCUT2D eigenvalue weighted by Gasteiger charge is 2.36. The predicted octanol–water partition coefficient (Wildman–Crippen LogP) is 1.80. The highest BCUT2D eigenvalue weighted by molar-refractivity contribution is 5.94. The maximum absolute atomic E-state index is 12.7. The van der Waals surface area contributed by atoms with Crippen molar-refractivity contribution in [1.82, 2.24) is 9.80 Å². The molecule has 2 heterocycles. The minimum absolute atomic E-state index is 0.0727. The third-order valence-corrected chi connectivity index (χ3v) is 4.36. The minimum Gasteiger partial charge on any atom is -0.490 e. The average molecular weight is 316 g/mol. The Balaban J connectivity index is 1.63. The van der Waals surface area contributed by atoms with Crippen LogP contribution in [0.1, 0.15) is 17.3 Å². The van der Waals surface area contributed by atoms with Gasteiger partial charge in [0.05, 0.1) is 12.2 Å². The third kappa shape index (κ3) is 3.74. The summed E-state index contributed by atoms with van der Waals surface area (Å²) in [5, 5.41) is 0. The largest absolute Gasteiger partial charge is 0.490 e. The molecule has 5 heteroatoms. The van der Waals surface area contributed by atoms with E-state index >= 15 is 0 Å². The SMILES string of the molecule is C=CCOc1ccc(C(=O)N2CC3CN(CC)CC(C2)O3)cc1. The number of fused-ring (bicyclic) bond motifs is 2. The maximum atomic E-state index is 12.7. The van der Waals surface area contributed by atoms with E-state index in [-0.39, 0.29) is 18.1 Å². The number of hydrogen-bond acceptors (Lipinski definition) is 4. The van der Waals surface area contributed by atoms with Crippen LogP contribution in [0.25, 0.3) is 0 Å². The number of ether oxygens (including phenoxy) is 2. The van der Waals surface area contributed by atoms with Gasteiger partial charge in [-0.1, -0.05) is 19.6 Å². The van der Waals surface area contributed by atoms with Crippen LogP contribution in [0.3, 0.4) is 0 Å². The summed E-state index contributed by atoms with van der Waals surface area (Å²) in [6.07, 6.45) is 1.95. The molecule has 0 N–H and O–H groups in total. The summed E-state index contributed by atoms with van der Waals surface area (Å²) in [5.74, 6) is 0.822. The lowest BCUT2D eigenvalue weighted by atomic mass is 10.1. The fraction of sp³-hybridized carbons (Fsp3) is 0.500. The molecule has 2 aliphatic rings. The lowest BCUT2D eigenvalue weighted by Gasteiger charge is -2.45. The van der Waals surface area contributed by atoms with E-state index in [2.05, 4.69) is 18.4 Å². The zero-order valence-corrected chi connectivity index (χ0v) is 13.6. The number of carbonyl (C=O) groups is 1. The monoisotopic (exact) mass is 316 g/mol. The predicted molar refractivity (Wildman–Crippen MR) is 88.8 cm³/mol. The first-order valence-corrected chi connectivity index (χ1v) is 8.20. The molecule has 1 aromatic rings. The Morgan fingerprint density at radius 1 is 1.26 bits per heavy atom. The lowest BCUT2D eigenvalue weighted by Crippen LogP contribution is -2.60. The van der Waals surface area contributed by atoms with E-state index < -0.39 is 0 Å². The summed E-state index contributed by atoms with van der Waals surface area (Å²) in [6, 6.07) is 7.31. The number of nitrogens with zero attached hydrogens (tertiary/aromatic N) is 2. The quantitative estimate of drug-likeness (QED) is 0.777. The molecule has 0 spiro atoms. The van der Waals surface area contributed by atoms with Crippen molar-refractivity contribution in [3.8, 4) is 5.75 Å². The maximum Gasteiger partial charge on any atom is 0.254 e. The third-order valence-electron chi connectivity index (χ3n) is 4.36. The molecule has 3 rings (SSSR count). The number of amides is 1. The van der Waals surface area contributed by atoms with Crippen LogP contribution in [0.5, 0.6) is 5.75 Å². The Morgan fingerprint density at radius 2 is 1.91 bits per heavy atom. The molecule has 0 radical (unpaired) electrons. The van der Waals surface area contributed by atoms with E-state index in [1.54, 1.807) is 6.08 Å². The van der Waals surface area contributed by atoms with Gasteiger partial charge in [0.15, 0.2) is 0 Å². The molecule has 1 amide bonds. The Morgan fingerprint density at radius 3 is 2.48 bits per heavy atom. The second kappa shape index (κ2) is 7.15. The normalized spacial score (nSPS) is 24.3. The summed E-state index contributed by atoms with van der Waals surface area (Å²) in [4.78, 5) is 17.0. The fourth-order valence-electron chi connectivity index (χ4n) is 3.23. The first-order chi connectivity index (χ1) is 11.2. The molecule has 2 unspecified atom stereocenters. The lowest BCUT2D eigenvalue weighted by molar-refractivity contribution is -0.129. The van der Waals surface area contributed by atoms with Crippen molar-refractivity contribution < 1.29 is 14.3 Å². The van der Waals surface area contributed by atoms with Gasteiger partial charge in [-0.2, -0.15) is 0 Å². The molecule has 2 fully saturated rings. The van der Waals surface area contributed by atoms with E-state index in [1.165, 1.54) is 0 Å². The van der Waals surface area contributed by atoms with Crippen LogP contribution in [0.2, 0.25) is 0 Å². The second-order valence-electron chi connectivity index (χ2n) is 6.07. The molecule has 2 aliphatic heterocycles. The summed E-state index contributed by atoms with van der Waals surface area (Å²) < 4.78 is 11.4. The van der Waals surface area contributed by atoms with E-state index in [1.807, 2.05) is 29.2 Å². The number of morpholine rings is 2. The highest BCUT2D eigenvalue weighted by atomic mass is 16.5. The van der Waals surface area contributed by atoms with Crippen molar-refractivity contribution in [2.75, 3.05) is 39.3 Å². The van der Waals surface area contributed by atoms with E-state index in [9.17, 15) is 4.79 Å². The van der Waals surface area contributed by atoms with Crippen molar-refractivity contribution in [2.45, 2.75) is 19.1 Å². The van der Waals surface area contributed by atoms with Crippen LogP contribution in [0.15, 0.2) is 36.9 Å². The van der Waals surface area contributed by atoms with Crippen LogP contribution >= 0.6 is 0 Å². The standard InChI is InChI=1S/C18H24N2O3/c1-3-9-22-15-7-5-14(6-8-15)18(21)20-12-16-10-19(4-2)11-17(13-20)23-16/h3,5-8,16-17H,1,4,9-13H2,2H3. The summed E-state index contributed by atoms with van der Waals surface area (Å²) in [6.45, 7) is 10.4. The molecular weight excluding hydrogens is 292 g/mol. The topological polar surface area (TPSA) is 42.0 Å². The average Bonchev–Trinajstić information content (AvgIpc) is 2.58. The van der Waals surface area contributed by atoms with Gasteiger partial charge in [0.2, 0.25) is 0 Å². The Labute approximate surface area is 137 Å². The molecule has 0 aromatic heterocycles. The van der Waals surface area contributed by atoms with Gasteiger partial charge in [-0.25, -0.2) is 0 Å². The van der Waals surface area contributed by atoms with Gasteiger partial charge in [-0.05, 0) is 30.8 Å². The number of carbonyl (C=O) groups excluding carboxylic acids is 1. The highest BCUT2D eigenvalue weighted by Crippen LogP contribution is 2.21. The van der Waals surface area contributed by atoms with Crippen LogP contribution in [-0.4, -0.2) is 67.2 Å². The molecule has 5 nitrogen and oxygen atoms in total. The number of benzene rings is 1. The first kappa shape index (κ1) is 16.0. The van der Waals surface area contributed by atoms with Gasteiger partial charge < -0.3 is 14.4 Å². The van der Waals surface area contributed by atoms with Gasteiger partial charge in [0.25, 0.3) is 5.91 Å². The number of hydrogen-bond donors (Lipinski definition) is 0. The van der Waals surface area contributed by atoms with E-state index in [0.29, 0.717) is 25.3 Å². The summed E-state index contributed by atoms with van der Waals surface area (Å²) >= 11 is 0. The summed E-state index contributed by atoms with van der Waals surface area (Å²) in [7, 11) is 0. The molecule has 1 aromatic carbocycles. The van der Waals surface area contributed by atoms with Crippen LogP contribution in [0.4, 0.5) is 0 Å². The second-order valence-corrected chi connectivity index (χ2v) is 6.07. The van der Waals surface area contributed by atoms with Crippen molar-refractivity contribution in [2.24, 2.45) is 0 Å². The molecule has 23 heavy (non-hydrogen) atoms. The van der Waals surface area contributed by atoms with Gasteiger partial charge in [0, 0.05) is 31.7 Å². The number of rotatable bonds is 5. The van der Waals surface area contributed by atoms with Crippen LogP contribution < -0.4 is 4.74 Å². The van der Waals surface area contributed by atoms with E-state index in [4.69, 9.17) is 9.47 Å². The molecule has 0 saturated carbocycles. The van der Waals surface area contributed by atoms with Crippen molar-refractivity contribution in [3.05, 3.63) is 42.5 Å². The van der Waals surface area contributed by atoms with Gasteiger partial charge >= 0.3 is 0 Å². The Bertz CT molecular complexity index is 544. The smallest absolute Gasteiger partial charge is 0.254 e. The zero-order chi connectivity index (χ0) is 16.2. The van der Waals surface area contributed by atoms with Gasteiger partial charge in [0.1, 0.15) is 12.4 Å². The van der Waals surface area contributed by atoms with E-state index in [0.717, 1.165) is 25.4 Å².